The molecule has 0 aliphatic heterocycles. The van der Waals surface area contributed by atoms with E-state index in [0.717, 1.165) is 16.3 Å². The van der Waals surface area contributed by atoms with Crippen molar-refractivity contribution in [1.29, 1.82) is 0 Å². The molecule has 0 saturated carbocycles. The summed E-state index contributed by atoms with van der Waals surface area (Å²) in [6.07, 6.45) is 1.99. The van der Waals surface area contributed by atoms with Crippen LogP contribution in [-0.4, -0.2) is 12.1 Å². The van der Waals surface area contributed by atoms with Crippen LogP contribution < -0.4 is 4.74 Å². The van der Waals surface area contributed by atoms with Gasteiger partial charge in [0.15, 0.2) is 0 Å². The molecule has 2 nitrogen and oxygen atoms in total. The summed E-state index contributed by atoms with van der Waals surface area (Å²) in [4.78, 5) is 5.87. The lowest BCUT2D eigenvalue weighted by Gasteiger charge is -2.10. The highest BCUT2D eigenvalue weighted by Gasteiger charge is 2.15. The third-order valence-corrected chi connectivity index (χ3v) is 5.04. The summed E-state index contributed by atoms with van der Waals surface area (Å²) < 4.78 is 5.44. The average molecular weight is 309 g/mol. The molecule has 0 radical (unpaired) electrons. The van der Waals surface area contributed by atoms with Crippen molar-refractivity contribution in [2.75, 3.05) is 7.11 Å². The van der Waals surface area contributed by atoms with Gasteiger partial charge in [-0.1, -0.05) is 48.9 Å². The van der Waals surface area contributed by atoms with E-state index in [9.17, 15) is 0 Å². The average Bonchev–Trinajstić information content (AvgIpc) is 3.04. The minimum absolute atomic E-state index is 0.348. The minimum Gasteiger partial charge on any atom is -0.496 e. The molecule has 0 N–H and O–H groups in total. The Morgan fingerprint density at radius 3 is 2.68 bits per heavy atom. The maximum Gasteiger partial charge on any atom is 0.129 e. The fourth-order valence-electron chi connectivity index (χ4n) is 2.54. The van der Waals surface area contributed by atoms with E-state index in [1.807, 2.05) is 24.4 Å². The van der Waals surface area contributed by atoms with E-state index >= 15 is 0 Å². The van der Waals surface area contributed by atoms with Crippen molar-refractivity contribution in [3.8, 4) is 16.3 Å². The lowest BCUT2D eigenvalue weighted by atomic mass is 9.98. The largest absolute Gasteiger partial charge is 0.496 e. The van der Waals surface area contributed by atoms with Crippen LogP contribution in [0.4, 0.5) is 0 Å². The maximum atomic E-state index is 5.44. The first-order valence-electron chi connectivity index (χ1n) is 7.34. The minimum atomic E-state index is 0.348. The molecule has 0 spiro atoms. The van der Waals surface area contributed by atoms with Crippen LogP contribution in [0.5, 0.6) is 5.75 Å². The van der Waals surface area contributed by atoms with Crippen molar-refractivity contribution in [1.82, 2.24) is 4.98 Å². The topological polar surface area (TPSA) is 22.1 Å². The number of aryl methyl sites for hydroxylation is 1. The molecule has 0 aliphatic carbocycles. The Hall–Kier alpha value is -2.13. The first-order valence-corrected chi connectivity index (χ1v) is 8.16. The smallest absolute Gasteiger partial charge is 0.129 e. The third-order valence-electron chi connectivity index (χ3n) is 3.83. The molecule has 0 aliphatic rings. The van der Waals surface area contributed by atoms with Gasteiger partial charge in [-0.3, -0.25) is 0 Å². The molecular formula is C19H19NOS. The second-order valence-electron chi connectivity index (χ2n) is 5.40. The van der Waals surface area contributed by atoms with Gasteiger partial charge in [-0.2, -0.15) is 0 Å². The van der Waals surface area contributed by atoms with Gasteiger partial charge >= 0.3 is 0 Å². The molecule has 3 heteroatoms. The first kappa shape index (κ1) is 14.8. The van der Waals surface area contributed by atoms with Gasteiger partial charge in [0.25, 0.3) is 0 Å². The lowest BCUT2D eigenvalue weighted by molar-refractivity contribution is 0.416. The van der Waals surface area contributed by atoms with Gasteiger partial charge in [-0.15, -0.1) is 11.3 Å². The molecule has 0 saturated heterocycles. The highest BCUT2D eigenvalue weighted by molar-refractivity contribution is 7.15. The van der Waals surface area contributed by atoms with Crippen molar-refractivity contribution >= 4 is 11.3 Å². The number of rotatable bonds is 4. The Balaban J connectivity index is 1.94. The van der Waals surface area contributed by atoms with Crippen LogP contribution in [0.25, 0.3) is 10.6 Å². The third kappa shape index (κ3) is 2.90. The van der Waals surface area contributed by atoms with Gasteiger partial charge in [-0.05, 0) is 24.6 Å². The first-order chi connectivity index (χ1) is 10.7. The molecule has 2 aromatic carbocycles. The van der Waals surface area contributed by atoms with Crippen molar-refractivity contribution in [3.05, 3.63) is 70.7 Å². The summed E-state index contributed by atoms with van der Waals surface area (Å²) in [5.41, 5.74) is 3.67. The summed E-state index contributed by atoms with van der Waals surface area (Å²) in [7, 11) is 1.70. The second-order valence-corrected chi connectivity index (χ2v) is 6.47. The fourth-order valence-corrected chi connectivity index (χ4v) is 3.56. The quantitative estimate of drug-likeness (QED) is 0.654. The van der Waals surface area contributed by atoms with Crippen LogP contribution in [0, 0.1) is 6.92 Å². The Morgan fingerprint density at radius 2 is 1.91 bits per heavy atom. The lowest BCUT2D eigenvalue weighted by Crippen LogP contribution is -1.93. The molecule has 1 unspecified atom stereocenters. The van der Waals surface area contributed by atoms with Gasteiger partial charge in [0.1, 0.15) is 10.8 Å². The van der Waals surface area contributed by atoms with E-state index in [1.54, 1.807) is 18.4 Å². The number of aromatic nitrogens is 1. The number of benzene rings is 2. The molecule has 112 valence electrons. The van der Waals surface area contributed by atoms with Gasteiger partial charge in [-0.25, -0.2) is 4.98 Å². The number of thiazole rings is 1. The van der Waals surface area contributed by atoms with E-state index < -0.39 is 0 Å². The SMILES string of the molecule is COc1ccccc1-c1ncc(C(C)c2cccc(C)c2)s1. The zero-order valence-electron chi connectivity index (χ0n) is 13.0. The van der Waals surface area contributed by atoms with E-state index in [-0.39, 0.29) is 0 Å². The van der Waals surface area contributed by atoms with E-state index in [1.165, 1.54) is 16.0 Å². The van der Waals surface area contributed by atoms with Crippen molar-refractivity contribution in [3.63, 3.8) is 0 Å². The Kier molecular flexibility index (Phi) is 4.25. The zero-order chi connectivity index (χ0) is 15.5. The Bertz CT molecular complexity index is 778. The van der Waals surface area contributed by atoms with Gasteiger partial charge in [0.05, 0.1) is 12.7 Å². The maximum absolute atomic E-state index is 5.44. The standard InChI is InChI=1S/C19H19NOS/c1-13-7-6-8-15(11-13)14(2)18-12-20-19(22-18)16-9-4-5-10-17(16)21-3/h4-12,14H,1-3H3. The summed E-state index contributed by atoms with van der Waals surface area (Å²) >= 11 is 1.73. The number of nitrogens with zero attached hydrogens (tertiary/aromatic N) is 1. The number of methoxy groups -OCH3 is 1. The van der Waals surface area contributed by atoms with Crippen LogP contribution in [0.3, 0.4) is 0 Å². The summed E-state index contributed by atoms with van der Waals surface area (Å²) in [6.45, 7) is 4.36. The van der Waals surface area contributed by atoms with Crippen molar-refractivity contribution in [2.45, 2.75) is 19.8 Å². The number of ether oxygens (including phenoxy) is 1. The second kappa shape index (κ2) is 6.32. The van der Waals surface area contributed by atoms with Crippen molar-refractivity contribution in [2.24, 2.45) is 0 Å². The molecule has 3 aromatic rings. The number of hydrogen-bond acceptors (Lipinski definition) is 3. The Labute approximate surface area is 135 Å². The monoisotopic (exact) mass is 309 g/mol. The molecule has 0 fully saturated rings. The van der Waals surface area contributed by atoms with E-state index in [2.05, 4.69) is 49.2 Å². The summed E-state index contributed by atoms with van der Waals surface area (Å²) in [5.74, 6) is 1.22. The highest BCUT2D eigenvalue weighted by atomic mass is 32.1. The molecule has 1 heterocycles. The van der Waals surface area contributed by atoms with Crippen LogP contribution in [0.1, 0.15) is 28.8 Å². The molecular weight excluding hydrogens is 290 g/mol. The fraction of sp³-hybridized carbons (Fsp3) is 0.211. The molecule has 3 rings (SSSR count). The zero-order valence-corrected chi connectivity index (χ0v) is 13.9. The molecule has 0 bridgehead atoms. The van der Waals surface area contributed by atoms with E-state index in [4.69, 9.17) is 4.74 Å². The van der Waals surface area contributed by atoms with Crippen LogP contribution in [0.15, 0.2) is 54.7 Å². The molecule has 22 heavy (non-hydrogen) atoms. The van der Waals surface area contributed by atoms with Crippen LogP contribution in [-0.2, 0) is 0 Å². The predicted octanol–water partition coefficient (Wildman–Crippen LogP) is 5.28. The van der Waals surface area contributed by atoms with E-state index in [0.29, 0.717) is 5.92 Å². The predicted molar refractivity (Wildman–Crippen MR) is 92.8 cm³/mol. The van der Waals surface area contributed by atoms with Crippen LogP contribution in [0.2, 0.25) is 0 Å². The molecule has 1 aromatic heterocycles. The summed E-state index contributed by atoms with van der Waals surface area (Å²) in [5, 5.41) is 1.01. The van der Waals surface area contributed by atoms with Gasteiger partial charge in [0.2, 0.25) is 0 Å². The summed E-state index contributed by atoms with van der Waals surface area (Å²) in [6, 6.07) is 16.7. The molecule has 0 amide bonds. The van der Waals surface area contributed by atoms with Gasteiger partial charge < -0.3 is 4.74 Å². The van der Waals surface area contributed by atoms with Crippen molar-refractivity contribution < 1.29 is 4.74 Å². The van der Waals surface area contributed by atoms with Crippen LogP contribution >= 0.6 is 11.3 Å². The van der Waals surface area contributed by atoms with Gasteiger partial charge in [0, 0.05) is 17.0 Å². The highest BCUT2D eigenvalue weighted by Crippen LogP contribution is 2.36. The normalized spacial score (nSPS) is 12.1. The Morgan fingerprint density at radius 1 is 1.09 bits per heavy atom. The number of para-hydroxylation sites is 1. The number of hydrogen-bond donors (Lipinski definition) is 0. The molecule has 1 atom stereocenters.